The standard InChI is InChI=1S/C21H21ClN4O2S/c1-13-7-8-14-5-3-4-6-17(14)26(13)19(27)12-29-21-23-20(24-25-21)16-11-15(22)9-10-18(16)28-2/h3-6,9-11,13H,7-8,12H2,1-2H3,(H,23,24,25). The monoisotopic (exact) mass is 428 g/mol. The molecule has 1 aliphatic rings. The number of hydrogen-bond acceptors (Lipinski definition) is 5. The summed E-state index contributed by atoms with van der Waals surface area (Å²) in [5.74, 6) is 1.53. The molecule has 6 nitrogen and oxygen atoms in total. The number of amides is 1. The lowest BCUT2D eigenvalue weighted by Crippen LogP contribution is -2.43. The number of fused-ring (bicyclic) bond motifs is 1. The lowest BCUT2D eigenvalue weighted by molar-refractivity contribution is -0.116. The van der Waals surface area contributed by atoms with E-state index in [0.717, 1.165) is 24.1 Å². The predicted molar refractivity (Wildman–Crippen MR) is 116 cm³/mol. The van der Waals surface area contributed by atoms with Crippen molar-refractivity contribution in [1.82, 2.24) is 15.2 Å². The van der Waals surface area contributed by atoms with E-state index in [1.807, 2.05) is 23.1 Å². The maximum atomic E-state index is 13.0. The summed E-state index contributed by atoms with van der Waals surface area (Å²) in [5.41, 5.74) is 2.96. The second-order valence-corrected chi connectivity index (χ2v) is 8.26. The molecule has 0 aliphatic carbocycles. The smallest absolute Gasteiger partial charge is 0.237 e. The molecule has 2 aromatic carbocycles. The van der Waals surface area contributed by atoms with E-state index in [4.69, 9.17) is 16.3 Å². The Morgan fingerprint density at radius 1 is 1.34 bits per heavy atom. The zero-order valence-corrected chi connectivity index (χ0v) is 17.8. The number of H-pyrrole nitrogens is 1. The Morgan fingerprint density at radius 2 is 2.17 bits per heavy atom. The third-order valence-corrected chi connectivity index (χ3v) is 6.07. The number of para-hydroxylation sites is 1. The van der Waals surface area contributed by atoms with Crippen LogP contribution in [0.3, 0.4) is 0 Å². The van der Waals surface area contributed by atoms with Crippen LogP contribution in [-0.4, -0.2) is 40.0 Å². The highest BCUT2D eigenvalue weighted by atomic mass is 35.5. The minimum atomic E-state index is 0.0568. The van der Waals surface area contributed by atoms with Crippen LogP contribution in [0.25, 0.3) is 11.4 Å². The molecule has 1 amide bonds. The molecule has 2 heterocycles. The van der Waals surface area contributed by atoms with Crippen molar-refractivity contribution in [3.63, 3.8) is 0 Å². The lowest BCUT2D eigenvalue weighted by Gasteiger charge is -2.35. The number of nitrogens with one attached hydrogen (secondary N) is 1. The summed E-state index contributed by atoms with van der Waals surface area (Å²) in [6, 6.07) is 13.6. The molecule has 0 spiro atoms. The Bertz CT molecular complexity index is 1040. The summed E-state index contributed by atoms with van der Waals surface area (Å²) in [6.45, 7) is 2.09. The van der Waals surface area contributed by atoms with Crippen LogP contribution in [0.5, 0.6) is 5.75 Å². The normalized spacial score (nSPS) is 15.8. The average molecular weight is 429 g/mol. The van der Waals surface area contributed by atoms with Gasteiger partial charge in [0.05, 0.1) is 18.4 Å². The van der Waals surface area contributed by atoms with Gasteiger partial charge in [0, 0.05) is 16.8 Å². The summed E-state index contributed by atoms with van der Waals surface area (Å²) in [7, 11) is 1.59. The number of aromatic nitrogens is 3. The first-order valence-corrected chi connectivity index (χ1v) is 10.7. The van der Waals surface area contributed by atoms with Gasteiger partial charge in [0.2, 0.25) is 11.1 Å². The van der Waals surface area contributed by atoms with Gasteiger partial charge in [-0.3, -0.25) is 9.89 Å². The van der Waals surface area contributed by atoms with E-state index < -0.39 is 0 Å². The van der Waals surface area contributed by atoms with Gasteiger partial charge < -0.3 is 9.64 Å². The van der Waals surface area contributed by atoms with Crippen LogP contribution >= 0.6 is 23.4 Å². The highest BCUT2D eigenvalue weighted by molar-refractivity contribution is 7.99. The van der Waals surface area contributed by atoms with E-state index in [9.17, 15) is 4.79 Å². The Balaban J connectivity index is 1.48. The number of ether oxygens (including phenoxy) is 1. The molecule has 8 heteroatoms. The van der Waals surface area contributed by atoms with Crippen LogP contribution in [0.1, 0.15) is 18.9 Å². The minimum Gasteiger partial charge on any atom is -0.496 e. The minimum absolute atomic E-state index is 0.0568. The molecular formula is C21H21ClN4O2S. The van der Waals surface area contributed by atoms with Crippen LogP contribution < -0.4 is 9.64 Å². The Labute approximate surface area is 178 Å². The number of anilines is 1. The fourth-order valence-electron chi connectivity index (χ4n) is 3.56. The second kappa shape index (κ2) is 8.47. The van der Waals surface area contributed by atoms with Crippen molar-refractivity contribution in [3.05, 3.63) is 53.1 Å². The zero-order chi connectivity index (χ0) is 20.4. The number of thioether (sulfide) groups is 1. The van der Waals surface area contributed by atoms with Gasteiger partial charge in [-0.25, -0.2) is 4.98 Å². The van der Waals surface area contributed by atoms with E-state index in [1.165, 1.54) is 17.3 Å². The van der Waals surface area contributed by atoms with Crippen molar-refractivity contribution in [2.24, 2.45) is 0 Å². The van der Waals surface area contributed by atoms with Crippen molar-refractivity contribution in [2.45, 2.75) is 31.0 Å². The molecule has 0 bridgehead atoms. The van der Waals surface area contributed by atoms with Gasteiger partial charge in [-0.05, 0) is 49.6 Å². The molecule has 1 aliphatic heterocycles. The number of hydrogen-bond donors (Lipinski definition) is 1. The van der Waals surface area contributed by atoms with Gasteiger partial charge in [-0.1, -0.05) is 41.6 Å². The molecule has 1 atom stereocenters. The molecule has 0 saturated carbocycles. The number of carbonyl (C=O) groups excluding carboxylic acids is 1. The highest BCUT2D eigenvalue weighted by Gasteiger charge is 2.28. The first-order valence-electron chi connectivity index (χ1n) is 9.36. The quantitative estimate of drug-likeness (QED) is 0.601. The summed E-state index contributed by atoms with van der Waals surface area (Å²) in [6.07, 6.45) is 1.97. The van der Waals surface area contributed by atoms with Gasteiger partial charge in [-0.15, -0.1) is 5.10 Å². The number of nitrogens with zero attached hydrogens (tertiary/aromatic N) is 3. The maximum absolute atomic E-state index is 13.0. The molecule has 3 aromatic rings. The van der Waals surface area contributed by atoms with E-state index in [-0.39, 0.29) is 17.7 Å². The molecule has 1 unspecified atom stereocenters. The average Bonchev–Trinajstić information content (AvgIpc) is 3.21. The Hall–Kier alpha value is -2.51. The van der Waals surface area contributed by atoms with Gasteiger partial charge in [0.25, 0.3) is 0 Å². The first-order chi connectivity index (χ1) is 14.1. The number of aromatic amines is 1. The number of aryl methyl sites for hydroxylation is 1. The van der Waals surface area contributed by atoms with Crippen molar-refractivity contribution >= 4 is 35.0 Å². The molecule has 29 heavy (non-hydrogen) atoms. The molecule has 1 aromatic heterocycles. The molecule has 1 N–H and O–H groups in total. The Kier molecular flexibility index (Phi) is 5.78. The zero-order valence-electron chi connectivity index (χ0n) is 16.2. The molecular weight excluding hydrogens is 408 g/mol. The number of rotatable bonds is 5. The van der Waals surface area contributed by atoms with E-state index >= 15 is 0 Å². The van der Waals surface area contributed by atoms with Crippen LogP contribution in [0.2, 0.25) is 5.02 Å². The summed E-state index contributed by atoms with van der Waals surface area (Å²) in [4.78, 5) is 19.4. The van der Waals surface area contributed by atoms with Crippen LogP contribution in [0, 0.1) is 0 Å². The van der Waals surface area contributed by atoms with E-state index in [0.29, 0.717) is 21.8 Å². The fraction of sp³-hybridized carbons (Fsp3) is 0.286. The SMILES string of the molecule is COc1ccc(Cl)cc1-c1nc(SCC(=O)N2c3ccccc3CCC2C)n[nH]1. The number of methoxy groups -OCH3 is 1. The highest BCUT2D eigenvalue weighted by Crippen LogP contribution is 2.33. The molecule has 0 saturated heterocycles. The van der Waals surface area contributed by atoms with Gasteiger partial charge in [-0.2, -0.15) is 0 Å². The predicted octanol–water partition coefficient (Wildman–Crippen LogP) is 4.59. The molecule has 4 rings (SSSR count). The first kappa shape index (κ1) is 19.8. The van der Waals surface area contributed by atoms with Crippen molar-refractivity contribution in [2.75, 3.05) is 17.8 Å². The van der Waals surface area contributed by atoms with E-state index in [1.54, 1.807) is 25.3 Å². The third-order valence-electron chi connectivity index (χ3n) is 5.00. The van der Waals surface area contributed by atoms with Gasteiger partial charge >= 0.3 is 0 Å². The van der Waals surface area contributed by atoms with Crippen molar-refractivity contribution in [1.29, 1.82) is 0 Å². The number of benzene rings is 2. The van der Waals surface area contributed by atoms with E-state index in [2.05, 4.69) is 28.2 Å². The maximum Gasteiger partial charge on any atom is 0.237 e. The topological polar surface area (TPSA) is 71.1 Å². The molecule has 0 fully saturated rings. The lowest BCUT2D eigenvalue weighted by atomic mass is 9.97. The van der Waals surface area contributed by atoms with Gasteiger partial charge in [0.1, 0.15) is 5.75 Å². The molecule has 0 radical (unpaired) electrons. The van der Waals surface area contributed by atoms with Crippen LogP contribution in [0.15, 0.2) is 47.6 Å². The van der Waals surface area contributed by atoms with Crippen molar-refractivity contribution in [3.8, 4) is 17.1 Å². The van der Waals surface area contributed by atoms with Crippen LogP contribution in [0.4, 0.5) is 5.69 Å². The van der Waals surface area contributed by atoms with Crippen LogP contribution in [-0.2, 0) is 11.2 Å². The third kappa shape index (κ3) is 4.11. The number of halogens is 1. The second-order valence-electron chi connectivity index (χ2n) is 6.88. The molecule has 150 valence electrons. The summed E-state index contributed by atoms with van der Waals surface area (Å²) in [5, 5.41) is 8.23. The number of carbonyl (C=O) groups is 1. The largest absolute Gasteiger partial charge is 0.496 e. The van der Waals surface area contributed by atoms with Gasteiger partial charge in [0.15, 0.2) is 5.82 Å². The fourth-order valence-corrected chi connectivity index (χ4v) is 4.39. The van der Waals surface area contributed by atoms with Crippen molar-refractivity contribution < 1.29 is 9.53 Å². The summed E-state index contributed by atoms with van der Waals surface area (Å²) < 4.78 is 5.37. The summed E-state index contributed by atoms with van der Waals surface area (Å²) >= 11 is 7.41. The Morgan fingerprint density at radius 3 is 3.00 bits per heavy atom.